The minimum Gasteiger partial charge on any atom is -0.312 e. The van der Waals surface area contributed by atoms with Crippen LogP contribution in [0.2, 0.25) is 0 Å². The second-order valence-corrected chi connectivity index (χ2v) is 4.39. The molecule has 0 fully saturated rings. The van der Waals surface area contributed by atoms with Crippen molar-refractivity contribution in [3.05, 3.63) is 22.9 Å². The minimum atomic E-state index is 0.0613. The van der Waals surface area contributed by atoms with E-state index < -0.39 is 0 Å². The lowest BCUT2D eigenvalue weighted by Crippen LogP contribution is -2.40. The molecule has 1 N–H and O–H groups in total. The van der Waals surface area contributed by atoms with Gasteiger partial charge in [0, 0.05) is 32.0 Å². The topological polar surface area (TPSA) is 39.0 Å². The predicted octanol–water partition coefficient (Wildman–Crippen LogP) is 1.21. The van der Waals surface area contributed by atoms with Crippen molar-refractivity contribution in [1.29, 1.82) is 0 Å². The lowest BCUT2D eigenvalue weighted by Gasteiger charge is -2.23. The van der Waals surface area contributed by atoms with Crippen molar-refractivity contribution in [3.63, 3.8) is 0 Å². The molecule has 0 saturated carbocycles. The first kappa shape index (κ1) is 13.0. The van der Waals surface area contributed by atoms with Crippen LogP contribution in [0.5, 0.6) is 0 Å². The zero-order valence-electron chi connectivity index (χ0n) is 10.7. The molecule has 0 aliphatic carbocycles. The van der Waals surface area contributed by atoms with Crippen LogP contribution in [0, 0.1) is 5.92 Å². The summed E-state index contributed by atoms with van der Waals surface area (Å²) in [6, 6.07) is 0.370. The minimum absolute atomic E-state index is 0.0613. The number of aryl methyl sites for hydroxylation is 1. The van der Waals surface area contributed by atoms with Crippen LogP contribution in [0.15, 0.2) is 17.2 Å². The molecule has 2 atom stereocenters. The first-order valence-electron chi connectivity index (χ1n) is 6.05. The summed E-state index contributed by atoms with van der Waals surface area (Å²) in [5.74, 6) is 0.576. The Morgan fingerprint density at radius 1 is 1.38 bits per heavy atom. The van der Waals surface area contributed by atoms with Crippen LogP contribution in [-0.4, -0.2) is 21.7 Å². The van der Waals surface area contributed by atoms with Gasteiger partial charge >= 0.3 is 5.69 Å². The van der Waals surface area contributed by atoms with Crippen LogP contribution in [0.1, 0.15) is 27.2 Å². The van der Waals surface area contributed by atoms with Gasteiger partial charge in [0.1, 0.15) is 0 Å². The number of nitrogens with one attached hydrogen (secondary N) is 1. The van der Waals surface area contributed by atoms with Gasteiger partial charge in [-0.1, -0.05) is 27.2 Å². The third-order valence-electron chi connectivity index (χ3n) is 3.21. The molecule has 4 heteroatoms. The van der Waals surface area contributed by atoms with Gasteiger partial charge in [0.05, 0.1) is 0 Å². The lowest BCUT2D eigenvalue weighted by atomic mass is 9.99. The van der Waals surface area contributed by atoms with E-state index in [1.807, 2.05) is 12.4 Å². The van der Waals surface area contributed by atoms with Gasteiger partial charge in [0.2, 0.25) is 0 Å². The van der Waals surface area contributed by atoms with E-state index in [9.17, 15) is 4.79 Å². The fraction of sp³-hybridized carbons (Fsp3) is 0.750. The van der Waals surface area contributed by atoms with Crippen LogP contribution in [0.25, 0.3) is 0 Å². The van der Waals surface area contributed by atoms with E-state index in [4.69, 9.17) is 0 Å². The molecule has 0 radical (unpaired) electrons. The molecule has 0 aliphatic rings. The number of hydrogen-bond acceptors (Lipinski definition) is 2. The molecule has 1 rings (SSSR count). The Balaban J connectivity index is 2.75. The van der Waals surface area contributed by atoms with E-state index in [1.54, 1.807) is 16.2 Å². The van der Waals surface area contributed by atoms with E-state index >= 15 is 0 Å². The van der Waals surface area contributed by atoms with Crippen LogP contribution in [0.4, 0.5) is 0 Å². The lowest BCUT2D eigenvalue weighted by molar-refractivity contribution is 0.331. The standard InChI is InChI=1S/C12H23N3O/c1-5-10(3)11(13-6-2)9-15-8-7-14(4)12(15)16/h7-8,10-11,13H,5-6,9H2,1-4H3. The van der Waals surface area contributed by atoms with E-state index in [0.717, 1.165) is 19.5 Å². The maximum absolute atomic E-state index is 11.7. The Morgan fingerprint density at radius 3 is 2.50 bits per heavy atom. The highest BCUT2D eigenvalue weighted by molar-refractivity contribution is 4.83. The Labute approximate surface area is 97.3 Å². The molecule has 0 aromatic carbocycles. The number of rotatable bonds is 6. The molecule has 1 heterocycles. The maximum Gasteiger partial charge on any atom is 0.327 e. The third kappa shape index (κ3) is 2.98. The van der Waals surface area contributed by atoms with Crippen molar-refractivity contribution < 1.29 is 0 Å². The molecule has 1 aromatic heterocycles. The highest BCUT2D eigenvalue weighted by Gasteiger charge is 2.16. The van der Waals surface area contributed by atoms with Crippen LogP contribution < -0.4 is 11.0 Å². The van der Waals surface area contributed by atoms with E-state index in [2.05, 4.69) is 26.1 Å². The van der Waals surface area contributed by atoms with Crippen LogP contribution in [0.3, 0.4) is 0 Å². The number of likely N-dealkylation sites (N-methyl/N-ethyl adjacent to an activating group) is 1. The van der Waals surface area contributed by atoms with Crippen molar-refractivity contribution in [2.75, 3.05) is 6.54 Å². The van der Waals surface area contributed by atoms with Gasteiger partial charge in [0.15, 0.2) is 0 Å². The monoisotopic (exact) mass is 225 g/mol. The average molecular weight is 225 g/mol. The van der Waals surface area contributed by atoms with Crippen LogP contribution >= 0.6 is 0 Å². The molecule has 0 aliphatic heterocycles. The Bertz CT molecular complexity index is 367. The number of hydrogen-bond donors (Lipinski definition) is 1. The highest BCUT2D eigenvalue weighted by atomic mass is 16.1. The largest absolute Gasteiger partial charge is 0.327 e. The van der Waals surface area contributed by atoms with Crippen molar-refractivity contribution in [1.82, 2.24) is 14.5 Å². The molecule has 92 valence electrons. The number of aromatic nitrogens is 2. The smallest absolute Gasteiger partial charge is 0.312 e. The molecule has 0 spiro atoms. The molecule has 0 saturated heterocycles. The fourth-order valence-electron chi connectivity index (χ4n) is 1.85. The second-order valence-electron chi connectivity index (χ2n) is 4.39. The molecule has 16 heavy (non-hydrogen) atoms. The van der Waals surface area contributed by atoms with E-state index in [1.165, 1.54) is 0 Å². The fourth-order valence-corrected chi connectivity index (χ4v) is 1.85. The summed E-state index contributed by atoms with van der Waals surface area (Å²) < 4.78 is 3.39. The van der Waals surface area contributed by atoms with Gasteiger partial charge in [-0.2, -0.15) is 0 Å². The van der Waals surface area contributed by atoms with E-state index in [0.29, 0.717) is 12.0 Å². The normalized spacial score (nSPS) is 15.0. The average Bonchev–Trinajstić information content (AvgIpc) is 2.59. The number of imidazole rings is 1. The quantitative estimate of drug-likeness (QED) is 0.790. The van der Waals surface area contributed by atoms with Crippen molar-refractivity contribution in [2.45, 2.75) is 39.8 Å². The van der Waals surface area contributed by atoms with Gasteiger partial charge in [0.25, 0.3) is 0 Å². The zero-order valence-corrected chi connectivity index (χ0v) is 10.7. The molecular weight excluding hydrogens is 202 g/mol. The first-order chi connectivity index (χ1) is 7.60. The first-order valence-corrected chi connectivity index (χ1v) is 6.05. The zero-order chi connectivity index (χ0) is 12.1. The van der Waals surface area contributed by atoms with Crippen molar-refractivity contribution in [2.24, 2.45) is 13.0 Å². The summed E-state index contributed by atoms with van der Waals surface area (Å²) in [5, 5.41) is 3.45. The third-order valence-corrected chi connectivity index (χ3v) is 3.21. The SMILES string of the molecule is CCNC(Cn1ccn(C)c1=O)C(C)CC. The Hall–Kier alpha value is -1.03. The van der Waals surface area contributed by atoms with Crippen molar-refractivity contribution in [3.8, 4) is 0 Å². The predicted molar refractivity (Wildman–Crippen MR) is 66.6 cm³/mol. The summed E-state index contributed by atoms with van der Waals surface area (Å²) in [4.78, 5) is 11.7. The van der Waals surface area contributed by atoms with Gasteiger partial charge in [-0.05, 0) is 12.5 Å². The van der Waals surface area contributed by atoms with Crippen LogP contribution in [-0.2, 0) is 13.6 Å². The molecule has 1 aromatic rings. The summed E-state index contributed by atoms with van der Waals surface area (Å²) in [7, 11) is 1.78. The van der Waals surface area contributed by atoms with Gasteiger partial charge in [-0.3, -0.25) is 4.57 Å². The summed E-state index contributed by atoms with van der Waals surface area (Å²) in [5.41, 5.74) is 0.0613. The summed E-state index contributed by atoms with van der Waals surface area (Å²) >= 11 is 0. The second kappa shape index (κ2) is 5.89. The Kier molecular flexibility index (Phi) is 4.80. The van der Waals surface area contributed by atoms with Gasteiger partial charge < -0.3 is 9.88 Å². The number of nitrogens with zero attached hydrogens (tertiary/aromatic N) is 2. The molecule has 4 nitrogen and oxygen atoms in total. The molecule has 2 unspecified atom stereocenters. The molecular formula is C12H23N3O. The Morgan fingerprint density at radius 2 is 2.06 bits per heavy atom. The molecule has 0 amide bonds. The molecule has 0 bridgehead atoms. The summed E-state index contributed by atoms with van der Waals surface area (Å²) in [6.45, 7) is 8.20. The van der Waals surface area contributed by atoms with Crippen molar-refractivity contribution >= 4 is 0 Å². The van der Waals surface area contributed by atoms with Gasteiger partial charge in [-0.25, -0.2) is 4.79 Å². The highest BCUT2D eigenvalue weighted by Crippen LogP contribution is 2.09. The van der Waals surface area contributed by atoms with Gasteiger partial charge in [-0.15, -0.1) is 0 Å². The maximum atomic E-state index is 11.7. The van der Waals surface area contributed by atoms with E-state index in [-0.39, 0.29) is 5.69 Å². The summed E-state index contributed by atoms with van der Waals surface area (Å²) in [6.07, 6.45) is 4.79.